The third-order valence-corrected chi connectivity index (χ3v) is 4.65. The lowest BCUT2D eigenvalue weighted by Gasteiger charge is -2.05. The summed E-state index contributed by atoms with van der Waals surface area (Å²) in [6, 6.07) is 15.2. The molecule has 0 bridgehead atoms. The molecule has 1 fully saturated rings. The normalized spacial score (nSPS) is 17.9. The van der Waals surface area contributed by atoms with Gasteiger partial charge in [-0.1, -0.05) is 30.3 Å². The van der Waals surface area contributed by atoms with Crippen molar-refractivity contribution in [2.75, 3.05) is 23.7 Å². The maximum Gasteiger partial charge on any atom is 0.0376 e. The van der Waals surface area contributed by atoms with Crippen molar-refractivity contribution in [2.24, 2.45) is 0 Å². The maximum absolute atomic E-state index is 3.42. The average Bonchev–Trinajstić information content (AvgIpc) is 3.07. The molecule has 2 nitrogen and oxygen atoms in total. The highest BCUT2D eigenvalue weighted by molar-refractivity contribution is 5.59. The minimum atomic E-state index is 0.903. The molecule has 108 valence electrons. The Bertz CT molecular complexity index is 621. The quantitative estimate of drug-likeness (QED) is 0.817. The first-order valence-electron chi connectivity index (χ1n) is 8.09. The summed E-state index contributed by atoms with van der Waals surface area (Å²) < 4.78 is 0. The van der Waals surface area contributed by atoms with Crippen LogP contribution in [0.4, 0.5) is 11.4 Å². The van der Waals surface area contributed by atoms with Crippen LogP contribution < -0.4 is 10.6 Å². The Morgan fingerprint density at radius 1 is 0.762 bits per heavy atom. The predicted molar refractivity (Wildman–Crippen MR) is 89.2 cm³/mol. The molecule has 2 aromatic carbocycles. The van der Waals surface area contributed by atoms with Crippen LogP contribution in [0.2, 0.25) is 0 Å². The van der Waals surface area contributed by atoms with Crippen LogP contribution in [-0.4, -0.2) is 13.1 Å². The van der Waals surface area contributed by atoms with Crippen molar-refractivity contribution in [3.05, 3.63) is 59.2 Å². The zero-order chi connectivity index (χ0) is 14.1. The Morgan fingerprint density at radius 2 is 1.52 bits per heavy atom. The fourth-order valence-electron chi connectivity index (χ4n) is 3.39. The second-order valence-corrected chi connectivity index (χ2v) is 6.16. The highest BCUT2D eigenvalue weighted by atomic mass is 14.9. The van der Waals surface area contributed by atoms with E-state index < -0.39 is 0 Å². The third-order valence-electron chi connectivity index (χ3n) is 4.65. The molecule has 2 N–H and O–H groups in total. The van der Waals surface area contributed by atoms with E-state index in [9.17, 15) is 0 Å². The van der Waals surface area contributed by atoms with Gasteiger partial charge in [0.15, 0.2) is 0 Å². The van der Waals surface area contributed by atoms with Crippen LogP contribution >= 0.6 is 0 Å². The van der Waals surface area contributed by atoms with E-state index in [4.69, 9.17) is 0 Å². The molecule has 0 spiro atoms. The number of hydrogen-bond donors (Lipinski definition) is 2. The molecule has 2 aromatic rings. The van der Waals surface area contributed by atoms with E-state index in [2.05, 4.69) is 53.1 Å². The molecular weight excluding hydrogens is 256 g/mol. The molecule has 2 heterocycles. The molecule has 21 heavy (non-hydrogen) atoms. The fraction of sp³-hybridized carbons (Fsp3) is 0.368. The lowest BCUT2D eigenvalue weighted by molar-refractivity contribution is 1.04. The van der Waals surface area contributed by atoms with E-state index in [1.807, 2.05) is 0 Å². The molecule has 0 amide bonds. The zero-order valence-electron chi connectivity index (χ0n) is 12.4. The van der Waals surface area contributed by atoms with E-state index in [1.165, 1.54) is 42.6 Å². The SMILES string of the molecule is c1cc2c(c(C3CC3)c1)CCN2.c1ccc2c(c1)CCN2. The van der Waals surface area contributed by atoms with Crippen LogP contribution in [0.1, 0.15) is 35.4 Å². The zero-order valence-corrected chi connectivity index (χ0v) is 12.4. The summed E-state index contributed by atoms with van der Waals surface area (Å²) in [6.07, 6.45) is 5.26. The van der Waals surface area contributed by atoms with Crippen molar-refractivity contribution < 1.29 is 0 Å². The fourth-order valence-corrected chi connectivity index (χ4v) is 3.39. The number of anilines is 2. The van der Waals surface area contributed by atoms with Gasteiger partial charge in [0.05, 0.1) is 0 Å². The molecule has 2 heteroatoms. The first-order chi connectivity index (χ1) is 10.4. The Kier molecular flexibility index (Phi) is 3.30. The summed E-state index contributed by atoms with van der Waals surface area (Å²) in [5.41, 5.74) is 7.38. The van der Waals surface area contributed by atoms with E-state index in [-0.39, 0.29) is 0 Å². The van der Waals surface area contributed by atoms with E-state index in [0.29, 0.717) is 0 Å². The van der Waals surface area contributed by atoms with Gasteiger partial charge >= 0.3 is 0 Å². The summed E-state index contributed by atoms with van der Waals surface area (Å²) >= 11 is 0. The summed E-state index contributed by atoms with van der Waals surface area (Å²) in [7, 11) is 0. The minimum absolute atomic E-state index is 0.903. The van der Waals surface area contributed by atoms with Gasteiger partial charge < -0.3 is 10.6 Å². The Morgan fingerprint density at radius 3 is 2.38 bits per heavy atom. The molecule has 5 rings (SSSR count). The van der Waals surface area contributed by atoms with Crippen LogP contribution in [0.15, 0.2) is 42.5 Å². The number of para-hydroxylation sites is 1. The van der Waals surface area contributed by atoms with Crippen molar-refractivity contribution in [3.63, 3.8) is 0 Å². The second-order valence-electron chi connectivity index (χ2n) is 6.16. The van der Waals surface area contributed by atoms with Gasteiger partial charge in [-0.2, -0.15) is 0 Å². The number of benzene rings is 2. The first-order valence-corrected chi connectivity index (χ1v) is 8.09. The molecular formula is C19H22N2. The van der Waals surface area contributed by atoms with Gasteiger partial charge in [-0.15, -0.1) is 0 Å². The summed E-state index contributed by atoms with van der Waals surface area (Å²) in [5, 5.41) is 6.72. The second kappa shape index (κ2) is 5.44. The van der Waals surface area contributed by atoms with Crippen LogP contribution in [0, 0.1) is 0 Å². The van der Waals surface area contributed by atoms with Crippen molar-refractivity contribution in [1.29, 1.82) is 0 Å². The molecule has 0 radical (unpaired) electrons. The summed E-state index contributed by atoms with van der Waals surface area (Å²) in [6.45, 7) is 2.25. The molecule has 0 unspecified atom stereocenters. The molecule has 3 aliphatic rings. The smallest absolute Gasteiger partial charge is 0.0376 e. The number of nitrogens with one attached hydrogen (secondary N) is 2. The van der Waals surface area contributed by atoms with E-state index in [1.54, 1.807) is 11.1 Å². The van der Waals surface area contributed by atoms with Crippen LogP contribution in [-0.2, 0) is 12.8 Å². The summed E-state index contributed by atoms with van der Waals surface area (Å²) in [5.74, 6) is 0.903. The van der Waals surface area contributed by atoms with Crippen molar-refractivity contribution in [1.82, 2.24) is 0 Å². The topological polar surface area (TPSA) is 24.1 Å². The highest BCUT2D eigenvalue weighted by Crippen LogP contribution is 2.44. The Labute approximate surface area is 126 Å². The molecule has 2 aliphatic heterocycles. The Balaban J connectivity index is 0.000000115. The van der Waals surface area contributed by atoms with Gasteiger partial charge in [0.25, 0.3) is 0 Å². The van der Waals surface area contributed by atoms with Gasteiger partial charge in [-0.05, 0) is 60.4 Å². The predicted octanol–water partition coefficient (Wildman–Crippen LogP) is 4.19. The van der Waals surface area contributed by atoms with Gasteiger partial charge in [0.1, 0.15) is 0 Å². The highest BCUT2D eigenvalue weighted by Gasteiger charge is 2.27. The maximum atomic E-state index is 3.42. The third kappa shape index (κ3) is 2.63. The number of fused-ring (bicyclic) bond motifs is 2. The van der Waals surface area contributed by atoms with Gasteiger partial charge in [-0.25, -0.2) is 0 Å². The van der Waals surface area contributed by atoms with Gasteiger partial charge in [-0.3, -0.25) is 0 Å². The van der Waals surface area contributed by atoms with Crippen LogP contribution in [0.3, 0.4) is 0 Å². The Hall–Kier alpha value is -1.96. The van der Waals surface area contributed by atoms with Crippen molar-refractivity contribution in [2.45, 2.75) is 31.6 Å². The van der Waals surface area contributed by atoms with E-state index >= 15 is 0 Å². The van der Waals surface area contributed by atoms with Crippen LogP contribution in [0.5, 0.6) is 0 Å². The number of hydrogen-bond acceptors (Lipinski definition) is 2. The first kappa shape index (κ1) is 12.8. The molecule has 0 saturated heterocycles. The minimum Gasteiger partial charge on any atom is -0.384 e. The molecule has 0 aromatic heterocycles. The summed E-state index contributed by atoms with van der Waals surface area (Å²) in [4.78, 5) is 0. The number of rotatable bonds is 1. The average molecular weight is 278 g/mol. The van der Waals surface area contributed by atoms with E-state index in [0.717, 1.165) is 19.0 Å². The largest absolute Gasteiger partial charge is 0.384 e. The molecule has 1 aliphatic carbocycles. The molecule has 0 atom stereocenters. The van der Waals surface area contributed by atoms with Crippen LogP contribution in [0.25, 0.3) is 0 Å². The monoisotopic (exact) mass is 278 g/mol. The van der Waals surface area contributed by atoms with Gasteiger partial charge in [0.2, 0.25) is 0 Å². The van der Waals surface area contributed by atoms with Gasteiger partial charge in [0, 0.05) is 24.5 Å². The standard InChI is InChI=1S/C11H13N.C8H9N/c1-2-9(8-4-5-8)10-6-7-12-11(10)3-1;1-2-4-8-7(3-1)5-6-9-8/h1-3,8,12H,4-7H2;1-4,9H,5-6H2. The lowest BCUT2D eigenvalue weighted by Crippen LogP contribution is -1.90. The van der Waals surface area contributed by atoms with Crippen molar-refractivity contribution in [3.8, 4) is 0 Å². The molecule has 1 saturated carbocycles. The van der Waals surface area contributed by atoms with Crippen molar-refractivity contribution >= 4 is 11.4 Å². The lowest BCUT2D eigenvalue weighted by atomic mass is 10.0.